The number of hydrogen-bond acceptors (Lipinski definition) is 2. The van der Waals surface area contributed by atoms with Crippen molar-refractivity contribution in [2.75, 3.05) is 5.32 Å². The second-order valence-electron chi connectivity index (χ2n) is 3.04. The van der Waals surface area contributed by atoms with Gasteiger partial charge in [0, 0.05) is 24.6 Å². The molecule has 0 bridgehead atoms. The fraction of sp³-hybridized carbons (Fsp3) is 0.273. The van der Waals surface area contributed by atoms with E-state index in [1.54, 1.807) is 24.3 Å². The van der Waals surface area contributed by atoms with Crippen LogP contribution in [-0.2, 0) is 4.79 Å². The summed E-state index contributed by atoms with van der Waals surface area (Å²) in [6.07, 6.45) is 0.499. The number of carbonyl (C=O) groups is 2. The minimum absolute atomic E-state index is 0.111. The molecular weight excluding hydrogens is 178 g/mol. The molecule has 1 rings (SSSR count). The molecule has 1 amide bonds. The molecule has 0 saturated carbocycles. The van der Waals surface area contributed by atoms with Gasteiger partial charge in [-0.15, -0.1) is 0 Å². The van der Waals surface area contributed by atoms with E-state index in [1.807, 2.05) is 6.92 Å². The van der Waals surface area contributed by atoms with Gasteiger partial charge in [-0.1, -0.05) is 6.92 Å². The Bertz CT molecular complexity index is 341. The van der Waals surface area contributed by atoms with Gasteiger partial charge in [0.05, 0.1) is 0 Å². The van der Waals surface area contributed by atoms with E-state index in [2.05, 4.69) is 5.32 Å². The monoisotopic (exact) mass is 191 g/mol. The molecule has 0 aliphatic carbocycles. The van der Waals surface area contributed by atoms with Crippen molar-refractivity contribution in [3.63, 3.8) is 0 Å². The van der Waals surface area contributed by atoms with E-state index in [9.17, 15) is 9.59 Å². The Hall–Kier alpha value is -1.64. The van der Waals surface area contributed by atoms with Crippen LogP contribution in [0.25, 0.3) is 0 Å². The number of anilines is 1. The summed E-state index contributed by atoms with van der Waals surface area (Å²) >= 11 is 0. The Morgan fingerprint density at radius 2 is 1.79 bits per heavy atom. The Balaban J connectivity index is 2.78. The van der Waals surface area contributed by atoms with Crippen LogP contribution in [0.3, 0.4) is 0 Å². The van der Waals surface area contributed by atoms with Crippen molar-refractivity contribution in [1.82, 2.24) is 0 Å². The minimum atomic E-state index is -0.112. The maximum Gasteiger partial charge on any atom is 0.221 e. The van der Waals surface area contributed by atoms with Crippen molar-refractivity contribution < 1.29 is 9.59 Å². The van der Waals surface area contributed by atoms with Crippen LogP contribution < -0.4 is 5.32 Å². The van der Waals surface area contributed by atoms with Crippen LogP contribution in [0.15, 0.2) is 24.3 Å². The molecule has 1 N–H and O–H groups in total. The highest BCUT2D eigenvalue weighted by atomic mass is 16.1. The highest BCUT2D eigenvalue weighted by molar-refractivity contribution is 5.96. The van der Waals surface area contributed by atoms with Crippen LogP contribution in [0, 0.1) is 0 Å². The lowest BCUT2D eigenvalue weighted by Gasteiger charge is -2.02. The van der Waals surface area contributed by atoms with Gasteiger partial charge in [-0.3, -0.25) is 9.59 Å². The second kappa shape index (κ2) is 4.56. The third-order valence-electron chi connectivity index (χ3n) is 1.85. The number of Topliss-reactive ketones (excluding diaryl/α,β-unsaturated/α-hetero) is 1. The molecule has 3 heteroatoms. The minimum Gasteiger partial charge on any atom is -0.326 e. The topological polar surface area (TPSA) is 46.2 Å². The Kier molecular flexibility index (Phi) is 3.40. The van der Waals surface area contributed by atoms with Gasteiger partial charge in [-0.25, -0.2) is 0 Å². The van der Waals surface area contributed by atoms with Crippen LogP contribution >= 0.6 is 0 Å². The number of benzene rings is 1. The largest absolute Gasteiger partial charge is 0.326 e. The van der Waals surface area contributed by atoms with Gasteiger partial charge in [0.25, 0.3) is 0 Å². The van der Waals surface area contributed by atoms with E-state index >= 15 is 0 Å². The molecule has 0 atom stereocenters. The molecule has 0 fully saturated rings. The van der Waals surface area contributed by atoms with Crippen molar-refractivity contribution in [3.05, 3.63) is 29.8 Å². The zero-order valence-electron chi connectivity index (χ0n) is 8.33. The Morgan fingerprint density at radius 1 is 1.21 bits per heavy atom. The summed E-state index contributed by atoms with van der Waals surface area (Å²) in [7, 11) is 0. The average Bonchev–Trinajstić information content (AvgIpc) is 2.17. The molecular formula is C11H13NO2. The molecule has 3 nitrogen and oxygen atoms in total. The Morgan fingerprint density at radius 3 is 2.21 bits per heavy atom. The number of amides is 1. The fourth-order valence-electron chi connectivity index (χ4n) is 1.15. The number of rotatable bonds is 3. The van der Waals surface area contributed by atoms with Crippen LogP contribution in [0.5, 0.6) is 0 Å². The predicted molar refractivity (Wildman–Crippen MR) is 55.4 cm³/mol. The van der Waals surface area contributed by atoms with Crippen LogP contribution in [0.2, 0.25) is 0 Å². The summed E-state index contributed by atoms with van der Waals surface area (Å²) in [6, 6.07) is 6.89. The van der Waals surface area contributed by atoms with Gasteiger partial charge in [0.15, 0.2) is 5.78 Å². The summed E-state index contributed by atoms with van der Waals surface area (Å²) in [5, 5.41) is 2.64. The molecule has 0 aliphatic heterocycles. The molecule has 0 spiro atoms. The first-order valence-corrected chi connectivity index (χ1v) is 4.54. The lowest BCUT2D eigenvalue weighted by molar-refractivity contribution is -0.114. The van der Waals surface area contributed by atoms with Crippen LogP contribution in [0.1, 0.15) is 30.6 Å². The number of nitrogens with one attached hydrogen (secondary N) is 1. The first-order valence-electron chi connectivity index (χ1n) is 4.54. The van der Waals surface area contributed by atoms with Gasteiger partial charge in [0.1, 0.15) is 0 Å². The van der Waals surface area contributed by atoms with Crippen LogP contribution in [-0.4, -0.2) is 11.7 Å². The summed E-state index contributed by atoms with van der Waals surface area (Å²) in [6.45, 7) is 3.27. The number of carbonyl (C=O) groups excluding carboxylic acids is 2. The van der Waals surface area contributed by atoms with Gasteiger partial charge in [-0.05, 0) is 24.3 Å². The van der Waals surface area contributed by atoms with E-state index in [1.165, 1.54) is 6.92 Å². The van der Waals surface area contributed by atoms with Crippen LogP contribution in [0.4, 0.5) is 5.69 Å². The maximum atomic E-state index is 11.3. The van der Waals surface area contributed by atoms with E-state index in [-0.39, 0.29) is 11.7 Å². The summed E-state index contributed by atoms with van der Waals surface area (Å²) in [4.78, 5) is 22.0. The van der Waals surface area contributed by atoms with Crippen molar-refractivity contribution >= 4 is 17.4 Å². The van der Waals surface area contributed by atoms with Crippen molar-refractivity contribution in [2.45, 2.75) is 20.3 Å². The van der Waals surface area contributed by atoms with Crippen molar-refractivity contribution in [2.24, 2.45) is 0 Å². The summed E-state index contributed by atoms with van der Waals surface area (Å²) in [5.41, 5.74) is 1.40. The quantitative estimate of drug-likeness (QED) is 0.745. The SMILES string of the molecule is CCC(=O)c1ccc(NC(C)=O)cc1. The first kappa shape index (κ1) is 10.4. The Labute approximate surface area is 83.1 Å². The fourth-order valence-corrected chi connectivity index (χ4v) is 1.15. The lowest BCUT2D eigenvalue weighted by Crippen LogP contribution is -2.06. The molecule has 0 aliphatic rings. The molecule has 0 radical (unpaired) electrons. The second-order valence-corrected chi connectivity index (χ2v) is 3.04. The van der Waals surface area contributed by atoms with Gasteiger partial charge in [-0.2, -0.15) is 0 Å². The molecule has 0 heterocycles. The average molecular weight is 191 g/mol. The predicted octanol–water partition coefficient (Wildman–Crippen LogP) is 2.24. The molecule has 1 aromatic carbocycles. The number of hydrogen-bond donors (Lipinski definition) is 1. The highest BCUT2D eigenvalue weighted by Crippen LogP contribution is 2.10. The van der Waals surface area contributed by atoms with E-state index in [0.717, 1.165) is 0 Å². The summed E-state index contributed by atoms with van der Waals surface area (Å²) < 4.78 is 0. The zero-order valence-corrected chi connectivity index (χ0v) is 8.33. The smallest absolute Gasteiger partial charge is 0.221 e. The third-order valence-corrected chi connectivity index (χ3v) is 1.85. The van der Waals surface area contributed by atoms with Crippen molar-refractivity contribution in [3.8, 4) is 0 Å². The van der Waals surface area contributed by atoms with Crippen molar-refractivity contribution in [1.29, 1.82) is 0 Å². The number of ketones is 1. The maximum absolute atomic E-state index is 11.3. The van der Waals surface area contributed by atoms with E-state index in [0.29, 0.717) is 17.7 Å². The van der Waals surface area contributed by atoms with Gasteiger partial charge >= 0.3 is 0 Å². The lowest BCUT2D eigenvalue weighted by atomic mass is 10.1. The summed E-state index contributed by atoms with van der Waals surface area (Å²) in [5.74, 6) is -0.000979. The van der Waals surface area contributed by atoms with Gasteiger partial charge < -0.3 is 5.32 Å². The van der Waals surface area contributed by atoms with E-state index < -0.39 is 0 Å². The third kappa shape index (κ3) is 2.69. The zero-order chi connectivity index (χ0) is 10.6. The highest BCUT2D eigenvalue weighted by Gasteiger charge is 2.02. The first-order chi connectivity index (χ1) is 6.63. The molecule has 0 saturated heterocycles. The van der Waals surface area contributed by atoms with E-state index in [4.69, 9.17) is 0 Å². The standard InChI is InChI=1S/C11H13NO2/c1-3-11(14)9-4-6-10(7-5-9)12-8(2)13/h4-7H,3H2,1-2H3,(H,12,13). The molecule has 0 aromatic heterocycles. The normalized spacial score (nSPS) is 9.57. The molecule has 1 aromatic rings. The molecule has 74 valence electrons. The molecule has 0 unspecified atom stereocenters. The van der Waals surface area contributed by atoms with Gasteiger partial charge in [0.2, 0.25) is 5.91 Å². The molecule has 14 heavy (non-hydrogen) atoms.